The first-order chi connectivity index (χ1) is 11.0. The van der Waals surface area contributed by atoms with Crippen molar-refractivity contribution in [2.24, 2.45) is 0 Å². The summed E-state index contributed by atoms with van der Waals surface area (Å²) in [4.78, 5) is 23.4. The molecule has 0 radical (unpaired) electrons. The van der Waals surface area contributed by atoms with Crippen LogP contribution in [-0.4, -0.2) is 24.8 Å². The lowest BCUT2D eigenvalue weighted by atomic mass is 10.1. The number of benzene rings is 2. The first-order valence-corrected chi connectivity index (χ1v) is 6.73. The van der Waals surface area contributed by atoms with Crippen LogP contribution < -0.4 is 4.74 Å². The van der Waals surface area contributed by atoms with E-state index in [9.17, 15) is 18.4 Å². The molecule has 0 bridgehead atoms. The molecule has 0 amide bonds. The second kappa shape index (κ2) is 7.00. The molecule has 0 atom stereocenters. The lowest BCUT2D eigenvalue weighted by molar-refractivity contribution is -0.166. The summed E-state index contributed by atoms with van der Waals surface area (Å²) in [6, 6.07) is 13.4. The van der Waals surface area contributed by atoms with Gasteiger partial charge >= 0.3 is 11.9 Å². The van der Waals surface area contributed by atoms with E-state index < -0.39 is 24.3 Å². The quantitative estimate of drug-likeness (QED) is 0.466. The summed E-state index contributed by atoms with van der Waals surface area (Å²) in [5.74, 6) is -7.33. The van der Waals surface area contributed by atoms with Gasteiger partial charge < -0.3 is 9.47 Å². The third-order valence-electron chi connectivity index (χ3n) is 3.13. The number of carbonyl (C=O) groups excluding carboxylic acids is 2. The van der Waals surface area contributed by atoms with E-state index in [4.69, 9.17) is 4.74 Å². The smallest absolute Gasteiger partial charge is 0.404 e. The van der Waals surface area contributed by atoms with Crippen LogP contribution in [0.5, 0.6) is 5.75 Å². The molecule has 2 aromatic carbocycles. The van der Waals surface area contributed by atoms with Crippen LogP contribution in [0.4, 0.5) is 8.78 Å². The zero-order chi connectivity index (χ0) is 16.9. The SMILES string of the molecule is COc1ccccc1COC(=O)C(F)(F)C(=O)c1ccccc1. The highest BCUT2D eigenvalue weighted by molar-refractivity contribution is 6.13. The average molecular weight is 320 g/mol. The zero-order valence-corrected chi connectivity index (χ0v) is 12.3. The Morgan fingerprint density at radius 2 is 1.61 bits per heavy atom. The van der Waals surface area contributed by atoms with Crippen LogP contribution in [0.3, 0.4) is 0 Å². The van der Waals surface area contributed by atoms with Gasteiger partial charge in [-0.25, -0.2) is 4.79 Å². The third kappa shape index (κ3) is 3.71. The molecule has 120 valence electrons. The lowest BCUT2D eigenvalue weighted by Gasteiger charge is -2.15. The minimum atomic E-state index is -4.25. The highest BCUT2D eigenvalue weighted by Gasteiger charge is 2.49. The molecule has 0 aliphatic carbocycles. The van der Waals surface area contributed by atoms with Crippen molar-refractivity contribution in [3.63, 3.8) is 0 Å². The Balaban J connectivity index is 2.08. The molecule has 0 heterocycles. The van der Waals surface area contributed by atoms with Crippen LogP contribution in [0.1, 0.15) is 15.9 Å². The van der Waals surface area contributed by atoms with E-state index in [0.717, 1.165) is 0 Å². The maximum atomic E-state index is 13.9. The minimum absolute atomic E-state index is 0.258. The average Bonchev–Trinajstić information content (AvgIpc) is 2.59. The number of hydrogen-bond donors (Lipinski definition) is 0. The molecule has 2 rings (SSSR count). The Morgan fingerprint density at radius 3 is 2.26 bits per heavy atom. The second-order valence-corrected chi connectivity index (χ2v) is 4.66. The van der Waals surface area contributed by atoms with Crippen molar-refractivity contribution in [1.82, 2.24) is 0 Å². The number of halogens is 2. The fraction of sp³-hybridized carbons (Fsp3) is 0.176. The molecule has 0 aliphatic rings. The molecule has 0 fully saturated rings. The van der Waals surface area contributed by atoms with Crippen LogP contribution in [0.15, 0.2) is 54.6 Å². The first-order valence-electron chi connectivity index (χ1n) is 6.73. The van der Waals surface area contributed by atoms with E-state index in [1.165, 1.54) is 31.4 Å². The molecule has 6 heteroatoms. The topological polar surface area (TPSA) is 52.6 Å². The molecule has 0 saturated heterocycles. The summed E-state index contributed by atoms with van der Waals surface area (Å²) in [5.41, 5.74) is 0.165. The molecular weight excluding hydrogens is 306 g/mol. The molecule has 23 heavy (non-hydrogen) atoms. The van der Waals surface area contributed by atoms with Crippen molar-refractivity contribution in [3.8, 4) is 5.75 Å². The van der Waals surface area contributed by atoms with E-state index in [0.29, 0.717) is 11.3 Å². The maximum absolute atomic E-state index is 13.9. The summed E-state index contributed by atoms with van der Waals surface area (Å²) in [6.07, 6.45) is 0. The lowest BCUT2D eigenvalue weighted by Crippen LogP contribution is -2.39. The number of rotatable bonds is 6. The van der Waals surface area contributed by atoms with Crippen LogP contribution in [-0.2, 0) is 16.1 Å². The van der Waals surface area contributed by atoms with E-state index in [1.54, 1.807) is 30.3 Å². The summed E-state index contributed by atoms with van der Waals surface area (Å²) < 4.78 is 37.5. The molecule has 0 N–H and O–H groups in total. The maximum Gasteiger partial charge on any atom is 0.404 e. The van der Waals surface area contributed by atoms with Gasteiger partial charge in [0.25, 0.3) is 0 Å². The molecule has 4 nitrogen and oxygen atoms in total. The number of esters is 1. The third-order valence-corrected chi connectivity index (χ3v) is 3.13. The van der Waals surface area contributed by atoms with Crippen LogP contribution >= 0.6 is 0 Å². The van der Waals surface area contributed by atoms with Crippen molar-refractivity contribution < 1.29 is 27.8 Å². The largest absolute Gasteiger partial charge is 0.496 e. The predicted octanol–water partition coefficient (Wildman–Crippen LogP) is 3.26. The Kier molecular flexibility index (Phi) is 5.05. The van der Waals surface area contributed by atoms with Gasteiger partial charge in [-0.05, 0) is 6.07 Å². The predicted molar refractivity (Wildman–Crippen MR) is 78.5 cm³/mol. The van der Waals surface area contributed by atoms with Crippen molar-refractivity contribution in [1.29, 1.82) is 0 Å². The number of methoxy groups -OCH3 is 1. The molecule has 0 spiro atoms. The van der Waals surface area contributed by atoms with Crippen LogP contribution in [0, 0.1) is 0 Å². The van der Waals surface area contributed by atoms with Gasteiger partial charge in [0, 0.05) is 11.1 Å². The monoisotopic (exact) mass is 320 g/mol. The van der Waals surface area contributed by atoms with Gasteiger partial charge in [0.2, 0.25) is 5.78 Å². The van der Waals surface area contributed by atoms with Gasteiger partial charge in [0.15, 0.2) is 0 Å². The van der Waals surface area contributed by atoms with Gasteiger partial charge in [-0.15, -0.1) is 0 Å². The van der Waals surface area contributed by atoms with E-state index in [2.05, 4.69) is 4.74 Å². The normalized spacial score (nSPS) is 10.9. The summed E-state index contributed by atoms with van der Waals surface area (Å²) >= 11 is 0. The van der Waals surface area contributed by atoms with Gasteiger partial charge in [0.1, 0.15) is 12.4 Å². The summed E-state index contributed by atoms with van der Waals surface area (Å²) in [6.45, 7) is -0.416. The Morgan fingerprint density at radius 1 is 1.00 bits per heavy atom. The van der Waals surface area contributed by atoms with Gasteiger partial charge in [-0.2, -0.15) is 8.78 Å². The van der Waals surface area contributed by atoms with Gasteiger partial charge in [-0.1, -0.05) is 48.5 Å². The Hall–Kier alpha value is -2.76. The summed E-state index contributed by atoms with van der Waals surface area (Å²) in [5, 5.41) is 0. The molecule has 2 aromatic rings. The van der Waals surface area contributed by atoms with Gasteiger partial charge in [-0.3, -0.25) is 4.79 Å². The second-order valence-electron chi connectivity index (χ2n) is 4.66. The number of hydrogen-bond acceptors (Lipinski definition) is 4. The molecule has 0 saturated carbocycles. The van der Waals surface area contributed by atoms with Crippen LogP contribution in [0.25, 0.3) is 0 Å². The Bertz CT molecular complexity index is 699. The highest BCUT2D eigenvalue weighted by atomic mass is 19.3. The number of ether oxygens (including phenoxy) is 2. The fourth-order valence-electron chi connectivity index (χ4n) is 1.92. The number of carbonyl (C=O) groups is 2. The molecule has 0 aromatic heterocycles. The zero-order valence-electron chi connectivity index (χ0n) is 12.3. The molecular formula is C17H14F2O4. The van der Waals surface area contributed by atoms with E-state index >= 15 is 0 Å². The minimum Gasteiger partial charge on any atom is -0.496 e. The van der Waals surface area contributed by atoms with E-state index in [1.807, 2.05) is 0 Å². The van der Waals surface area contributed by atoms with Crippen LogP contribution in [0.2, 0.25) is 0 Å². The number of ketones is 1. The van der Waals surface area contributed by atoms with Gasteiger partial charge in [0.05, 0.1) is 7.11 Å². The fourth-order valence-corrected chi connectivity index (χ4v) is 1.92. The Labute approximate surface area is 131 Å². The van der Waals surface area contributed by atoms with Crippen molar-refractivity contribution in [2.45, 2.75) is 12.5 Å². The highest BCUT2D eigenvalue weighted by Crippen LogP contribution is 2.24. The summed E-state index contributed by atoms with van der Waals surface area (Å²) in [7, 11) is 1.41. The van der Waals surface area contributed by atoms with Crippen molar-refractivity contribution in [2.75, 3.05) is 7.11 Å². The molecule has 0 aliphatic heterocycles. The number of Topliss-reactive ketones (excluding diaryl/α,β-unsaturated/α-hetero) is 1. The van der Waals surface area contributed by atoms with Crippen molar-refractivity contribution in [3.05, 3.63) is 65.7 Å². The number of para-hydroxylation sites is 1. The van der Waals surface area contributed by atoms with Crippen molar-refractivity contribution >= 4 is 11.8 Å². The van der Waals surface area contributed by atoms with E-state index in [-0.39, 0.29) is 5.56 Å². The number of alkyl halides is 2. The molecule has 0 unspecified atom stereocenters. The first kappa shape index (κ1) is 16.6. The standard InChI is InChI=1S/C17H14F2O4/c1-22-14-10-6-5-9-13(14)11-23-16(21)17(18,19)15(20)12-7-3-2-4-8-12/h2-10H,11H2,1H3.